The second kappa shape index (κ2) is 61.9. The van der Waals surface area contributed by atoms with E-state index in [1.54, 1.807) is 0 Å². The summed E-state index contributed by atoms with van der Waals surface area (Å²) >= 11 is 0. The van der Waals surface area contributed by atoms with Crippen LogP contribution < -0.4 is 0 Å². The highest BCUT2D eigenvalue weighted by Gasteiger charge is 2.30. The predicted octanol–water partition coefficient (Wildman–Crippen LogP) is 20.2. The minimum Gasteiger partial charge on any atom is -0.462 e. The Morgan fingerprint density at radius 1 is 0.300 bits per heavy atom. The molecule has 3 N–H and O–H groups in total. The molecular weight excluding hydrogens is 1190 g/mol. The zero-order valence-corrected chi connectivity index (χ0v) is 60.4. The van der Waals surface area contributed by atoms with Crippen LogP contribution in [0, 0.1) is 17.8 Å². The molecule has 0 bridgehead atoms. The van der Waals surface area contributed by atoms with Gasteiger partial charge in [-0.3, -0.25) is 37.3 Å². The number of phosphoric ester groups is 2. The van der Waals surface area contributed by atoms with Crippen LogP contribution in [0.4, 0.5) is 0 Å². The molecule has 5 atom stereocenters. The number of esters is 4. The summed E-state index contributed by atoms with van der Waals surface area (Å²) < 4.78 is 68.2. The largest absolute Gasteiger partial charge is 0.472 e. The number of carbonyl (C=O) groups is 4. The third-order valence-corrected chi connectivity index (χ3v) is 18.3. The van der Waals surface area contributed by atoms with Gasteiger partial charge in [0.25, 0.3) is 0 Å². The van der Waals surface area contributed by atoms with Gasteiger partial charge in [-0.1, -0.05) is 305 Å². The van der Waals surface area contributed by atoms with E-state index >= 15 is 0 Å². The lowest BCUT2D eigenvalue weighted by Gasteiger charge is -2.21. The summed E-state index contributed by atoms with van der Waals surface area (Å²) in [6.45, 7) is 11.8. The van der Waals surface area contributed by atoms with Gasteiger partial charge < -0.3 is 33.8 Å². The monoisotopic (exact) mass is 1320 g/mol. The van der Waals surface area contributed by atoms with Gasteiger partial charge in [-0.25, -0.2) is 9.13 Å². The molecule has 0 radical (unpaired) electrons. The van der Waals surface area contributed by atoms with Crippen LogP contribution in [-0.2, 0) is 65.4 Å². The molecule has 0 aromatic heterocycles. The zero-order valence-electron chi connectivity index (χ0n) is 58.6. The predicted molar refractivity (Wildman–Crippen MR) is 363 cm³/mol. The molecule has 534 valence electrons. The minimum atomic E-state index is -4.95. The van der Waals surface area contributed by atoms with E-state index in [2.05, 4.69) is 48.5 Å². The van der Waals surface area contributed by atoms with Crippen LogP contribution in [0.15, 0.2) is 0 Å². The number of carbonyl (C=O) groups excluding carboxylic acids is 4. The van der Waals surface area contributed by atoms with Crippen LogP contribution in [0.3, 0.4) is 0 Å². The van der Waals surface area contributed by atoms with E-state index in [0.29, 0.717) is 25.7 Å². The fourth-order valence-corrected chi connectivity index (χ4v) is 12.3. The van der Waals surface area contributed by atoms with Crippen molar-refractivity contribution in [3.8, 4) is 0 Å². The average Bonchev–Trinajstić information content (AvgIpc) is 3.69. The van der Waals surface area contributed by atoms with Crippen LogP contribution in [0.2, 0.25) is 0 Å². The molecule has 0 aromatic carbocycles. The normalized spacial score (nSPS) is 14.2. The Hall–Kier alpha value is -1.94. The lowest BCUT2D eigenvalue weighted by molar-refractivity contribution is -0.161. The molecule has 0 aliphatic carbocycles. The van der Waals surface area contributed by atoms with Crippen molar-refractivity contribution in [1.29, 1.82) is 0 Å². The molecule has 90 heavy (non-hydrogen) atoms. The quantitative estimate of drug-likeness (QED) is 0.0222. The molecule has 19 heteroatoms. The van der Waals surface area contributed by atoms with Crippen LogP contribution in [0.5, 0.6) is 0 Å². The maximum atomic E-state index is 13.0. The van der Waals surface area contributed by atoms with Gasteiger partial charge in [-0.05, 0) is 43.4 Å². The lowest BCUT2D eigenvalue weighted by atomic mass is 10.0. The number of hydrogen-bond acceptors (Lipinski definition) is 15. The van der Waals surface area contributed by atoms with Crippen molar-refractivity contribution in [3.05, 3.63) is 0 Å². The van der Waals surface area contributed by atoms with Gasteiger partial charge in [-0.2, -0.15) is 0 Å². The summed E-state index contributed by atoms with van der Waals surface area (Å²) in [5.41, 5.74) is 0. The number of ether oxygens (including phenoxy) is 4. The number of hydrogen-bond donors (Lipinski definition) is 3. The van der Waals surface area contributed by atoms with Crippen molar-refractivity contribution in [2.75, 3.05) is 39.6 Å². The van der Waals surface area contributed by atoms with Crippen molar-refractivity contribution < 1.29 is 80.2 Å². The van der Waals surface area contributed by atoms with Gasteiger partial charge in [0.15, 0.2) is 12.2 Å². The van der Waals surface area contributed by atoms with Crippen molar-refractivity contribution in [2.45, 2.75) is 375 Å². The van der Waals surface area contributed by atoms with Crippen molar-refractivity contribution in [1.82, 2.24) is 0 Å². The fourth-order valence-electron chi connectivity index (χ4n) is 10.7. The van der Waals surface area contributed by atoms with Crippen LogP contribution in [0.1, 0.15) is 357 Å². The Balaban J connectivity index is 5.21. The summed E-state index contributed by atoms with van der Waals surface area (Å²) in [6, 6.07) is 0. The van der Waals surface area contributed by atoms with Gasteiger partial charge in [0.05, 0.1) is 26.4 Å². The molecule has 0 saturated heterocycles. The third-order valence-electron chi connectivity index (χ3n) is 16.4. The second-order valence-electron chi connectivity index (χ2n) is 27.1. The molecule has 0 fully saturated rings. The van der Waals surface area contributed by atoms with Crippen molar-refractivity contribution in [3.63, 3.8) is 0 Å². The molecular formula is C71H138O17P2. The first-order chi connectivity index (χ1) is 43.2. The van der Waals surface area contributed by atoms with Crippen LogP contribution in [0.25, 0.3) is 0 Å². The van der Waals surface area contributed by atoms with Gasteiger partial charge in [0.1, 0.15) is 19.3 Å². The van der Waals surface area contributed by atoms with E-state index in [-0.39, 0.29) is 25.7 Å². The van der Waals surface area contributed by atoms with E-state index in [4.69, 9.17) is 37.0 Å². The fraction of sp³-hybridized carbons (Fsp3) is 0.944. The minimum absolute atomic E-state index is 0.105. The number of rotatable bonds is 69. The van der Waals surface area contributed by atoms with Crippen LogP contribution >= 0.6 is 15.6 Å². The topological polar surface area (TPSA) is 237 Å². The molecule has 0 amide bonds. The molecule has 17 nitrogen and oxygen atoms in total. The Bertz CT molecular complexity index is 1770. The Kier molecular flexibility index (Phi) is 60.6. The van der Waals surface area contributed by atoms with E-state index < -0.39 is 97.5 Å². The van der Waals surface area contributed by atoms with E-state index in [9.17, 15) is 43.2 Å². The van der Waals surface area contributed by atoms with E-state index in [0.717, 1.165) is 120 Å². The Labute approximate surface area is 549 Å². The molecule has 0 spiro atoms. The number of aliphatic hydroxyl groups excluding tert-OH is 1. The molecule has 0 aliphatic rings. The van der Waals surface area contributed by atoms with Gasteiger partial charge in [-0.15, -0.1) is 0 Å². The molecule has 0 rings (SSSR count). The maximum absolute atomic E-state index is 13.0. The SMILES string of the molecule is CCCCCCCCCC(=O)OC[C@H](COP(=O)(O)OC[C@H](O)COP(=O)(O)OC[C@@H](COC(=O)CCCCCCCCCCCCCC(C)C)OC(=O)CCCCCCCCCCCCCCCC(C)C)OC(=O)CCCCCCCCCCCCC(C)C. The average molecular weight is 1330 g/mol. The number of phosphoric acid groups is 2. The zero-order chi connectivity index (χ0) is 66.6. The highest BCUT2D eigenvalue weighted by atomic mass is 31.2. The Morgan fingerprint density at radius 3 is 0.756 bits per heavy atom. The first-order valence-electron chi connectivity index (χ1n) is 36.8. The highest BCUT2D eigenvalue weighted by molar-refractivity contribution is 7.47. The lowest BCUT2D eigenvalue weighted by Crippen LogP contribution is -2.30. The molecule has 0 aliphatic heterocycles. The number of aliphatic hydroxyl groups is 1. The van der Waals surface area contributed by atoms with Crippen molar-refractivity contribution >= 4 is 39.5 Å². The van der Waals surface area contributed by atoms with Gasteiger partial charge in [0, 0.05) is 25.7 Å². The summed E-state index contributed by atoms with van der Waals surface area (Å²) in [7, 11) is -9.90. The molecule has 0 saturated carbocycles. The summed E-state index contributed by atoms with van der Waals surface area (Å²) in [5, 5.41) is 10.6. The van der Waals surface area contributed by atoms with Gasteiger partial charge >= 0.3 is 39.5 Å². The summed E-state index contributed by atoms with van der Waals surface area (Å²) in [4.78, 5) is 72.5. The molecule has 2 unspecified atom stereocenters. The highest BCUT2D eigenvalue weighted by Crippen LogP contribution is 2.45. The maximum Gasteiger partial charge on any atom is 0.472 e. The van der Waals surface area contributed by atoms with E-state index in [1.807, 2.05) is 0 Å². The molecule has 0 aromatic rings. The second-order valence-corrected chi connectivity index (χ2v) is 30.0. The first-order valence-corrected chi connectivity index (χ1v) is 39.8. The van der Waals surface area contributed by atoms with Crippen LogP contribution in [-0.4, -0.2) is 96.7 Å². The first kappa shape index (κ1) is 88.1. The smallest absolute Gasteiger partial charge is 0.462 e. The summed E-state index contributed by atoms with van der Waals surface area (Å²) in [6.07, 6.45) is 45.9. The van der Waals surface area contributed by atoms with Gasteiger partial charge in [0.2, 0.25) is 0 Å². The summed E-state index contributed by atoms with van der Waals surface area (Å²) in [5.74, 6) is 0.181. The molecule has 0 heterocycles. The Morgan fingerprint density at radius 2 is 0.511 bits per heavy atom. The standard InChI is InChI=1S/C71H138O17P2/c1-8-9-10-11-28-38-45-52-68(73)81-58-66(87-71(76)55-48-41-34-27-21-20-24-31-37-44-51-64(6)7)60-85-89(77,78)83-56-65(72)57-84-90(79,80)86-61-67(59-82-69(74)53-46-39-32-25-19-15-17-23-30-36-43-50-63(4)5)88-70(75)54-47-40-33-26-18-14-12-13-16-22-29-35-42-49-62(2)3/h62-67,72H,8-61H2,1-7H3,(H,77,78)(H,79,80)/t65-,66+,67+/m0/s1. The third kappa shape index (κ3) is 64.8. The van der Waals surface area contributed by atoms with Crippen molar-refractivity contribution in [2.24, 2.45) is 17.8 Å². The number of unbranched alkanes of at least 4 members (excludes halogenated alkanes) is 37. The van der Waals surface area contributed by atoms with E-state index in [1.165, 1.54) is 154 Å².